The van der Waals surface area contributed by atoms with E-state index in [9.17, 15) is 5.11 Å². The first-order valence-corrected chi connectivity index (χ1v) is 8.13. The van der Waals surface area contributed by atoms with Crippen molar-refractivity contribution in [2.24, 2.45) is 0 Å². The third-order valence-electron chi connectivity index (χ3n) is 4.18. The van der Waals surface area contributed by atoms with Crippen LogP contribution in [0.25, 0.3) is 22.0 Å². The number of anilines is 2. The summed E-state index contributed by atoms with van der Waals surface area (Å²) in [5.41, 5.74) is 10.2. The number of aromatic nitrogens is 2. The molecule has 3 rings (SSSR count). The summed E-state index contributed by atoms with van der Waals surface area (Å²) in [6.07, 6.45) is 2.83. The highest BCUT2D eigenvalue weighted by Crippen LogP contribution is 2.28. The van der Waals surface area contributed by atoms with E-state index in [2.05, 4.69) is 29.1 Å². The van der Waals surface area contributed by atoms with Crippen LogP contribution in [0.5, 0.6) is 0 Å². The minimum atomic E-state index is -0.0259. The van der Waals surface area contributed by atoms with Crippen molar-refractivity contribution in [3.8, 4) is 11.1 Å². The van der Waals surface area contributed by atoms with Crippen molar-refractivity contribution in [1.82, 2.24) is 9.97 Å². The molecular formula is C19H22N4O. The number of hydrogen-bond acceptors (Lipinski definition) is 5. The van der Waals surface area contributed by atoms with Crippen molar-refractivity contribution in [1.29, 1.82) is 0 Å². The molecule has 5 heteroatoms. The molecule has 0 saturated heterocycles. The molecule has 2 aromatic carbocycles. The zero-order valence-corrected chi connectivity index (χ0v) is 14.0. The Balaban J connectivity index is 2.00. The van der Waals surface area contributed by atoms with Gasteiger partial charge < -0.3 is 16.2 Å². The number of aliphatic hydroxyl groups excluding tert-OH is 1. The zero-order chi connectivity index (χ0) is 17.1. The lowest BCUT2D eigenvalue weighted by atomic mass is 9.98. The Bertz CT molecular complexity index is 863. The summed E-state index contributed by atoms with van der Waals surface area (Å²) >= 11 is 0. The molecule has 0 aliphatic heterocycles. The number of nitrogens with one attached hydrogen (secondary N) is 1. The van der Waals surface area contributed by atoms with Crippen LogP contribution in [-0.4, -0.2) is 21.1 Å². The number of nitrogens with zero attached hydrogens (tertiary/aromatic N) is 2. The fraction of sp³-hybridized carbons (Fsp3) is 0.263. The van der Waals surface area contributed by atoms with E-state index in [1.54, 1.807) is 6.07 Å². The van der Waals surface area contributed by atoms with E-state index >= 15 is 0 Å². The maximum atomic E-state index is 9.55. The minimum Gasteiger partial charge on any atom is -0.399 e. The van der Waals surface area contributed by atoms with Crippen LogP contribution in [-0.2, 0) is 6.61 Å². The van der Waals surface area contributed by atoms with Gasteiger partial charge in [0, 0.05) is 23.3 Å². The maximum Gasteiger partial charge on any atom is 0.223 e. The molecule has 0 fully saturated rings. The quantitative estimate of drug-likeness (QED) is 0.625. The molecule has 0 amide bonds. The predicted octanol–water partition coefficient (Wildman–Crippen LogP) is 3.58. The van der Waals surface area contributed by atoms with E-state index in [0.717, 1.165) is 34.0 Å². The van der Waals surface area contributed by atoms with Gasteiger partial charge in [-0.25, -0.2) is 9.97 Å². The average Bonchev–Trinajstić information content (AvgIpc) is 2.61. The molecule has 24 heavy (non-hydrogen) atoms. The van der Waals surface area contributed by atoms with Gasteiger partial charge in [0.2, 0.25) is 5.95 Å². The smallest absolute Gasteiger partial charge is 0.223 e. The van der Waals surface area contributed by atoms with Crippen LogP contribution < -0.4 is 11.1 Å². The zero-order valence-electron chi connectivity index (χ0n) is 14.0. The van der Waals surface area contributed by atoms with Crippen LogP contribution in [0.3, 0.4) is 0 Å². The molecule has 0 aliphatic carbocycles. The largest absolute Gasteiger partial charge is 0.399 e. The van der Waals surface area contributed by atoms with E-state index < -0.39 is 0 Å². The average molecular weight is 322 g/mol. The molecular weight excluding hydrogens is 300 g/mol. The Morgan fingerprint density at radius 1 is 1.21 bits per heavy atom. The van der Waals surface area contributed by atoms with Crippen molar-refractivity contribution >= 4 is 22.5 Å². The number of hydrogen-bond donors (Lipinski definition) is 3. The van der Waals surface area contributed by atoms with Crippen molar-refractivity contribution < 1.29 is 5.11 Å². The van der Waals surface area contributed by atoms with Crippen LogP contribution in [0.1, 0.15) is 25.8 Å². The summed E-state index contributed by atoms with van der Waals surface area (Å²) < 4.78 is 0. The SMILES string of the molecule is CC[C@H](C)Nc1ncc2cc(-c3cc(N)ccc3CO)ccc2n1. The van der Waals surface area contributed by atoms with Crippen molar-refractivity contribution in [2.75, 3.05) is 11.1 Å². The standard InChI is InChI=1S/C19H22N4O/c1-3-12(2)22-19-21-10-15-8-13(5-7-18(15)23-19)17-9-16(20)6-4-14(17)11-24/h4-10,12,24H,3,11,20H2,1-2H3,(H,21,22,23)/t12-/m0/s1. The predicted molar refractivity (Wildman–Crippen MR) is 98.7 cm³/mol. The second-order valence-electron chi connectivity index (χ2n) is 6.00. The first-order valence-electron chi connectivity index (χ1n) is 8.13. The summed E-state index contributed by atoms with van der Waals surface area (Å²) in [5, 5.41) is 13.8. The Hall–Kier alpha value is -2.66. The van der Waals surface area contributed by atoms with Gasteiger partial charge in [0.25, 0.3) is 0 Å². The molecule has 5 nitrogen and oxygen atoms in total. The lowest BCUT2D eigenvalue weighted by molar-refractivity contribution is 0.282. The van der Waals surface area contributed by atoms with Gasteiger partial charge in [-0.15, -0.1) is 0 Å². The van der Waals surface area contributed by atoms with Crippen molar-refractivity contribution in [3.63, 3.8) is 0 Å². The van der Waals surface area contributed by atoms with Gasteiger partial charge in [0.05, 0.1) is 12.1 Å². The third kappa shape index (κ3) is 3.31. The van der Waals surface area contributed by atoms with Gasteiger partial charge in [0.15, 0.2) is 0 Å². The lowest BCUT2D eigenvalue weighted by Gasteiger charge is -2.12. The first kappa shape index (κ1) is 16.2. The van der Waals surface area contributed by atoms with Gasteiger partial charge in [-0.1, -0.05) is 19.1 Å². The Kier molecular flexibility index (Phi) is 4.62. The minimum absolute atomic E-state index is 0.0259. The van der Waals surface area contributed by atoms with E-state index in [1.807, 2.05) is 36.5 Å². The molecule has 0 saturated carbocycles. The summed E-state index contributed by atoms with van der Waals surface area (Å²) in [7, 11) is 0. The summed E-state index contributed by atoms with van der Waals surface area (Å²) in [4.78, 5) is 8.96. The van der Waals surface area contributed by atoms with Gasteiger partial charge >= 0.3 is 0 Å². The van der Waals surface area contributed by atoms with Gasteiger partial charge in [-0.3, -0.25) is 0 Å². The van der Waals surface area contributed by atoms with Gasteiger partial charge in [-0.05, 0) is 54.3 Å². The monoisotopic (exact) mass is 322 g/mol. The Morgan fingerprint density at radius 2 is 2.04 bits per heavy atom. The van der Waals surface area contributed by atoms with Gasteiger partial charge in [0.1, 0.15) is 0 Å². The van der Waals surface area contributed by atoms with Crippen molar-refractivity contribution in [2.45, 2.75) is 32.9 Å². The molecule has 0 unspecified atom stereocenters. The molecule has 124 valence electrons. The molecule has 1 heterocycles. The van der Waals surface area contributed by atoms with E-state index in [1.165, 1.54) is 0 Å². The highest BCUT2D eigenvalue weighted by Gasteiger charge is 2.08. The number of fused-ring (bicyclic) bond motifs is 1. The Morgan fingerprint density at radius 3 is 2.79 bits per heavy atom. The Labute approximate surface area is 141 Å². The van der Waals surface area contributed by atoms with Crippen LogP contribution in [0, 0.1) is 0 Å². The molecule has 0 aliphatic rings. The second kappa shape index (κ2) is 6.84. The maximum absolute atomic E-state index is 9.55. The molecule has 3 aromatic rings. The number of nitrogens with two attached hydrogens (primary N) is 1. The fourth-order valence-electron chi connectivity index (χ4n) is 2.59. The fourth-order valence-corrected chi connectivity index (χ4v) is 2.59. The number of aliphatic hydroxyl groups is 1. The molecule has 0 radical (unpaired) electrons. The first-order chi connectivity index (χ1) is 11.6. The van der Waals surface area contributed by atoms with E-state index in [0.29, 0.717) is 17.7 Å². The number of nitrogen functional groups attached to an aromatic ring is 1. The summed E-state index contributed by atoms with van der Waals surface area (Å²) in [5.74, 6) is 0.643. The van der Waals surface area contributed by atoms with Crippen LogP contribution >= 0.6 is 0 Å². The highest BCUT2D eigenvalue weighted by atomic mass is 16.3. The topological polar surface area (TPSA) is 84.1 Å². The molecule has 4 N–H and O–H groups in total. The normalized spacial score (nSPS) is 12.3. The van der Waals surface area contributed by atoms with E-state index in [-0.39, 0.29) is 6.61 Å². The molecule has 1 aromatic heterocycles. The number of benzene rings is 2. The highest BCUT2D eigenvalue weighted by molar-refractivity contribution is 5.85. The second-order valence-corrected chi connectivity index (χ2v) is 6.00. The number of rotatable bonds is 5. The third-order valence-corrected chi connectivity index (χ3v) is 4.18. The lowest BCUT2D eigenvalue weighted by Crippen LogP contribution is -2.15. The molecule has 1 atom stereocenters. The van der Waals surface area contributed by atoms with Crippen LogP contribution in [0.15, 0.2) is 42.6 Å². The van der Waals surface area contributed by atoms with E-state index in [4.69, 9.17) is 5.73 Å². The molecule has 0 bridgehead atoms. The summed E-state index contributed by atoms with van der Waals surface area (Å²) in [6.45, 7) is 4.20. The van der Waals surface area contributed by atoms with Crippen LogP contribution in [0.2, 0.25) is 0 Å². The molecule has 0 spiro atoms. The van der Waals surface area contributed by atoms with Gasteiger partial charge in [-0.2, -0.15) is 0 Å². The van der Waals surface area contributed by atoms with Crippen LogP contribution in [0.4, 0.5) is 11.6 Å². The summed E-state index contributed by atoms with van der Waals surface area (Å²) in [6, 6.07) is 11.9. The van der Waals surface area contributed by atoms with Crippen molar-refractivity contribution in [3.05, 3.63) is 48.2 Å².